The molecule has 0 saturated heterocycles. The van der Waals surface area contributed by atoms with Crippen LogP contribution in [-0.4, -0.2) is 44.3 Å². The van der Waals surface area contributed by atoms with Gasteiger partial charge in [0, 0.05) is 18.1 Å². The van der Waals surface area contributed by atoms with Crippen LogP contribution in [0.5, 0.6) is 5.75 Å². The van der Waals surface area contributed by atoms with Gasteiger partial charge in [-0.3, -0.25) is 14.4 Å². The lowest BCUT2D eigenvalue weighted by Gasteiger charge is -2.20. The first-order chi connectivity index (χ1) is 17.3. The third-order valence-corrected chi connectivity index (χ3v) is 6.01. The van der Waals surface area contributed by atoms with Gasteiger partial charge in [0.2, 0.25) is 23.1 Å². The van der Waals surface area contributed by atoms with Crippen LogP contribution >= 0.6 is 0 Å². The largest absolute Gasteiger partial charge is 0.489 e. The molecule has 0 aromatic heterocycles. The second-order valence-electron chi connectivity index (χ2n) is 8.63. The van der Waals surface area contributed by atoms with Gasteiger partial charge in [0.1, 0.15) is 11.3 Å². The monoisotopic (exact) mass is 500 g/mol. The van der Waals surface area contributed by atoms with E-state index < -0.39 is 11.9 Å². The van der Waals surface area contributed by atoms with Gasteiger partial charge in [-0.25, -0.2) is 4.79 Å². The van der Waals surface area contributed by atoms with Crippen LogP contribution in [0.1, 0.15) is 82.0 Å². The maximum absolute atomic E-state index is 12.6. The van der Waals surface area contributed by atoms with Crippen LogP contribution in [0.2, 0.25) is 0 Å². The lowest BCUT2D eigenvalue weighted by atomic mass is 9.89. The number of para-hydroxylation sites is 1. The van der Waals surface area contributed by atoms with E-state index >= 15 is 0 Å². The Labute approximate surface area is 212 Å². The van der Waals surface area contributed by atoms with Crippen molar-refractivity contribution in [3.63, 3.8) is 0 Å². The molecule has 0 radical (unpaired) electrons. The van der Waals surface area contributed by atoms with E-state index in [1.165, 1.54) is 21.1 Å². The van der Waals surface area contributed by atoms with Crippen LogP contribution in [0.4, 0.5) is 0 Å². The number of ether oxygens (including phenoxy) is 4. The molecular weight excluding hydrogens is 464 g/mol. The highest BCUT2D eigenvalue weighted by Crippen LogP contribution is 2.29. The normalized spacial score (nSPS) is 13.7. The Morgan fingerprint density at radius 3 is 1.94 bits per heavy atom. The van der Waals surface area contributed by atoms with E-state index in [1.54, 1.807) is 31.2 Å². The fraction of sp³-hybridized carbons (Fsp3) is 0.500. The van der Waals surface area contributed by atoms with Crippen molar-refractivity contribution < 1.29 is 38.1 Å². The molecule has 0 atom stereocenters. The number of esters is 2. The number of rotatable bonds is 15. The van der Waals surface area contributed by atoms with E-state index in [0.717, 1.165) is 51.4 Å². The molecule has 0 saturated carbocycles. The zero-order chi connectivity index (χ0) is 26.5. The molecule has 0 spiro atoms. The minimum atomic E-state index is -0.498. The van der Waals surface area contributed by atoms with Gasteiger partial charge in [0.05, 0.1) is 20.8 Å². The van der Waals surface area contributed by atoms with Crippen LogP contribution in [0.15, 0.2) is 46.9 Å². The highest BCUT2D eigenvalue weighted by atomic mass is 16.5. The van der Waals surface area contributed by atoms with Crippen LogP contribution in [0.3, 0.4) is 0 Å². The van der Waals surface area contributed by atoms with Crippen molar-refractivity contribution in [2.45, 2.75) is 71.6 Å². The third-order valence-electron chi connectivity index (χ3n) is 6.01. The van der Waals surface area contributed by atoms with Gasteiger partial charge in [0.15, 0.2) is 0 Å². The minimum absolute atomic E-state index is 0.0117. The van der Waals surface area contributed by atoms with Crippen molar-refractivity contribution in [2.75, 3.05) is 20.8 Å². The minimum Gasteiger partial charge on any atom is -0.489 e. The number of hydrogen-bond acceptors (Lipinski definition) is 8. The van der Waals surface area contributed by atoms with E-state index in [2.05, 4.69) is 0 Å². The summed E-state index contributed by atoms with van der Waals surface area (Å²) in [6, 6.07) is 6.52. The van der Waals surface area contributed by atoms with Gasteiger partial charge < -0.3 is 18.9 Å². The molecule has 1 aliphatic rings. The molecule has 1 aliphatic carbocycles. The molecule has 196 valence electrons. The molecule has 2 rings (SSSR count). The Kier molecular flexibility index (Phi) is 11.9. The van der Waals surface area contributed by atoms with Crippen molar-refractivity contribution in [2.24, 2.45) is 0 Å². The molecular formula is C28H36O8. The van der Waals surface area contributed by atoms with E-state index in [4.69, 9.17) is 18.9 Å². The molecule has 0 unspecified atom stereocenters. The summed E-state index contributed by atoms with van der Waals surface area (Å²) in [6.45, 7) is 3.27. The lowest BCUT2D eigenvalue weighted by Crippen LogP contribution is -2.25. The Morgan fingerprint density at radius 1 is 0.778 bits per heavy atom. The molecule has 0 bridgehead atoms. The van der Waals surface area contributed by atoms with Crippen LogP contribution in [-0.2, 0) is 28.6 Å². The maximum Gasteiger partial charge on any atom is 0.341 e. The Balaban J connectivity index is 1.58. The number of unbranched alkanes of at least 4 members (excludes halogenated alkanes) is 7. The Morgan fingerprint density at radius 2 is 1.33 bits per heavy atom. The lowest BCUT2D eigenvalue weighted by molar-refractivity contribution is -0.131. The van der Waals surface area contributed by atoms with Crippen molar-refractivity contribution in [1.82, 2.24) is 0 Å². The zero-order valence-electron chi connectivity index (χ0n) is 21.6. The van der Waals surface area contributed by atoms with Crippen LogP contribution in [0, 0.1) is 0 Å². The zero-order valence-corrected chi connectivity index (χ0v) is 21.6. The van der Waals surface area contributed by atoms with Gasteiger partial charge in [-0.05, 0) is 38.3 Å². The highest BCUT2D eigenvalue weighted by Gasteiger charge is 2.34. The predicted molar refractivity (Wildman–Crippen MR) is 133 cm³/mol. The summed E-state index contributed by atoms with van der Waals surface area (Å²) in [5.41, 5.74) is 1.20. The smallest absolute Gasteiger partial charge is 0.341 e. The molecule has 0 N–H and O–H groups in total. The first kappa shape index (κ1) is 28.8. The molecule has 0 aliphatic heterocycles. The topological polar surface area (TPSA) is 105 Å². The number of carbonyl (C=O) groups excluding carboxylic acids is 4. The SMILES string of the molecule is COC1=C(OC)C(=O)C(CCCCCCCCCCOC(=O)c2ccccc2OC(C)=O)=C(C)C1=O. The summed E-state index contributed by atoms with van der Waals surface area (Å²) in [5.74, 6) is -1.37. The first-order valence-corrected chi connectivity index (χ1v) is 12.4. The molecule has 8 heteroatoms. The Bertz CT molecular complexity index is 1020. The summed E-state index contributed by atoms with van der Waals surface area (Å²) < 4.78 is 20.5. The standard InChI is InChI=1S/C28H36O8/c1-19-21(25(31)27(34-4)26(33-3)24(19)30)15-11-9-7-5-6-8-10-14-18-35-28(32)22-16-12-13-17-23(22)36-20(2)29/h12-13,16-17H,5-11,14-15,18H2,1-4H3. The van der Waals surface area contributed by atoms with Crippen molar-refractivity contribution in [3.8, 4) is 5.75 Å². The number of ketones is 2. The number of methoxy groups -OCH3 is 2. The van der Waals surface area contributed by atoms with Crippen LogP contribution < -0.4 is 4.74 Å². The number of carbonyl (C=O) groups is 4. The van der Waals surface area contributed by atoms with Gasteiger partial charge in [-0.2, -0.15) is 0 Å². The van der Waals surface area contributed by atoms with Gasteiger partial charge in [0.25, 0.3) is 0 Å². The second kappa shape index (κ2) is 14.9. The molecule has 1 aromatic rings. The number of hydrogen-bond donors (Lipinski definition) is 0. The summed E-state index contributed by atoms with van der Waals surface area (Å²) in [4.78, 5) is 48.5. The molecule has 0 fully saturated rings. The summed E-state index contributed by atoms with van der Waals surface area (Å²) in [6.07, 6.45) is 8.32. The summed E-state index contributed by atoms with van der Waals surface area (Å²) >= 11 is 0. The molecule has 0 amide bonds. The average molecular weight is 501 g/mol. The van der Waals surface area contributed by atoms with E-state index in [9.17, 15) is 19.2 Å². The number of Topliss-reactive ketones (excluding diaryl/α,β-unsaturated/α-hetero) is 2. The van der Waals surface area contributed by atoms with Crippen molar-refractivity contribution in [3.05, 3.63) is 52.5 Å². The van der Waals surface area contributed by atoms with E-state index in [-0.39, 0.29) is 34.4 Å². The van der Waals surface area contributed by atoms with Gasteiger partial charge >= 0.3 is 11.9 Å². The van der Waals surface area contributed by atoms with Crippen molar-refractivity contribution in [1.29, 1.82) is 0 Å². The fourth-order valence-electron chi connectivity index (χ4n) is 4.08. The highest BCUT2D eigenvalue weighted by molar-refractivity contribution is 6.23. The van der Waals surface area contributed by atoms with E-state index in [1.807, 2.05) is 0 Å². The predicted octanol–water partition coefficient (Wildman–Crippen LogP) is 5.25. The summed E-state index contributed by atoms with van der Waals surface area (Å²) in [5, 5.41) is 0. The first-order valence-electron chi connectivity index (χ1n) is 12.4. The van der Waals surface area contributed by atoms with Gasteiger partial charge in [-0.1, -0.05) is 50.7 Å². The number of allylic oxidation sites excluding steroid dienone is 2. The van der Waals surface area contributed by atoms with Gasteiger partial charge in [-0.15, -0.1) is 0 Å². The quantitative estimate of drug-likeness (QED) is 0.139. The molecule has 36 heavy (non-hydrogen) atoms. The Hall–Kier alpha value is -3.42. The third kappa shape index (κ3) is 8.07. The molecule has 1 aromatic carbocycles. The average Bonchev–Trinajstić information content (AvgIpc) is 2.86. The molecule has 8 nitrogen and oxygen atoms in total. The maximum atomic E-state index is 12.6. The van der Waals surface area contributed by atoms with Crippen LogP contribution in [0.25, 0.3) is 0 Å². The van der Waals surface area contributed by atoms with E-state index in [0.29, 0.717) is 24.2 Å². The molecule has 0 heterocycles. The van der Waals surface area contributed by atoms with Crippen molar-refractivity contribution >= 4 is 23.5 Å². The summed E-state index contributed by atoms with van der Waals surface area (Å²) in [7, 11) is 2.73. The number of benzene rings is 1. The fourth-order valence-corrected chi connectivity index (χ4v) is 4.08. The second-order valence-corrected chi connectivity index (χ2v) is 8.63.